The Morgan fingerprint density at radius 1 is 1.35 bits per heavy atom. The monoisotopic (exact) mass is 332 g/mol. The van der Waals surface area contributed by atoms with Gasteiger partial charge in [0.1, 0.15) is 6.07 Å². The van der Waals surface area contributed by atoms with Crippen molar-refractivity contribution in [2.24, 2.45) is 0 Å². The van der Waals surface area contributed by atoms with Gasteiger partial charge in [0.25, 0.3) is 0 Å². The van der Waals surface area contributed by atoms with Crippen molar-refractivity contribution in [3.05, 3.63) is 45.7 Å². The van der Waals surface area contributed by atoms with Crippen LogP contribution < -0.4 is 5.32 Å². The van der Waals surface area contributed by atoms with E-state index in [-0.39, 0.29) is 0 Å². The van der Waals surface area contributed by atoms with E-state index in [0.29, 0.717) is 5.56 Å². The number of nitriles is 1. The predicted octanol–water partition coefficient (Wildman–Crippen LogP) is 3.64. The Kier molecular flexibility index (Phi) is 4.80. The van der Waals surface area contributed by atoms with Crippen LogP contribution in [0.4, 0.5) is 5.69 Å². The summed E-state index contributed by atoms with van der Waals surface area (Å²) in [5, 5.41) is 16.7. The lowest BCUT2D eigenvalue weighted by atomic mass is 10.2. The normalized spacial score (nSPS) is 10.3. The van der Waals surface area contributed by atoms with E-state index in [1.807, 2.05) is 29.8 Å². The number of aryl methyl sites for hydroxylation is 3. The molecule has 0 amide bonds. The van der Waals surface area contributed by atoms with Crippen molar-refractivity contribution in [3.8, 4) is 6.07 Å². The minimum Gasteiger partial charge on any atom is -0.385 e. The lowest BCUT2D eigenvalue weighted by molar-refractivity contribution is 0.574. The number of nitrogens with zero attached hydrogens (tertiary/aromatic N) is 3. The molecule has 1 aromatic carbocycles. The van der Waals surface area contributed by atoms with Crippen molar-refractivity contribution in [3.63, 3.8) is 0 Å². The summed E-state index contributed by atoms with van der Waals surface area (Å²) in [6.45, 7) is 5.86. The molecule has 20 heavy (non-hydrogen) atoms. The smallest absolute Gasteiger partial charge is 0.100 e. The summed E-state index contributed by atoms with van der Waals surface area (Å²) in [6.07, 6.45) is 1.000. The van der Waals surface area contributed by atoms with Gasteiger partial charge in [-0.2, -0.15) is 10.4 Å². The van der Waals surface area contributed by atoms with Gasteiger partial charge in [-0.15, -0.1) is 0 Å². The third-order valence-corrected chi connectivity index (χ3v) is 3.72. The van der Waals surface area contributed by atoms with Crippen LogP contribution >= 0.6 is 15.9 Å². The quantitative estimate of drug-likeness (QED) is 0.850. The number of halogens is 1. The van der Waals surface area contributed by atoms with Crippen molar-refractivity contribution in [2.75, 3.05) is 11.9 Å². The molecule has 0 saturated carbocycles. The van der Waals surface area contributed by atoms with E-state index in [9.17, 15) is 0 Å². The van der Waals surface area contributed by atoms with Gasteiger partial charge in [-0.3, -0.25) is 4.68 Å². The molecule has 0 aliphatic heterocycles. The molecular weight excluding hydrogens is 316 g/mol. The van der Waals surface area contributed by atoms with Crippen LogP contribution in [0.15, 0.2) is 28.7 Å². The molecule has 0 radical (unpaired) electrons. The van der Waals surface area contributed by atoms with Crippen molar-refractivity contribution >= 4 is 21.6 Å². The molecule has 1 heterocycles. The molecule has 2 aromatic rings. The lowest BCUT2D eigenvalue weighted by Gasteiger charge is -2.08. The molecule has 1 N–H and O–H groups in total. The van der Waals surface area contributed by atoms with Gasteiger partial charge in [-0.1, -0.05) is 0 Å². The molecule has 0 unspecified atom stereocenters. The summed E-state index contributed by atoms with van der Waals surface area (Å²) in [5.41, 5.74) is 3.93. The first-order valence-corrected chi connectivity index (χ1v) is 7.34. The van der Waals surface area contributed by atoms with E-state index in [4.69, 9.17) is 5.26 Å². The molecule has 2 rings (SSSR count). The average Bonchev–Trinajstić information content (AvgIpc) is 2.73. The maximum atomic E-state index is 8.87. The largest absolute Gasteiger partial charge is 0.385 e. The summed E-state index contributed by atoms with van der Waals surface area (Å²) >= 11 is 3.39. The highest BCUT2D eigenvalue weighted by Crippen LogP contribution is 2.20. The molecular formula is C15H17BrN4. The van der Waals surface area contributed by atoms with Crippen LogP contribution in [0.25, 0.3) is 0 Å². The summed E-state index contributed by atoms with van der Waals surface area (Å²) < 4.78 is 2.86. The standard InChI is InChI=1S/C15H17BrN4/c1-11-8-12(2)20(19-11)7-3-6-18-14-5-4-13(10-17)15(16)9-14/h4-5,8-9,18H,3,6-7H2,1-2H3. The Labute approximate surface area is 127 Å². The topological polar surface area (TPSA) is 53.6 Å². The van der Waals surface area contributed by atoms with E-state index in [1.165, 1.54) is 5.69 Å². The third kappa shape index (κ3) is 3.61. The molecule has 0 atom stereocenters. The number of hydrogen-bond acceptors (Lipinski definition) is 3. The fraction of sp³-hybridized carbons (Fsp3) is 0.333. The van der Waals surface area contributed by atoms with E-state index >= 15 is 0 Å². The van der Waals surface area contributed by atoms with Gasteiger partial charge >= 0.3 is 0 Å². The Morgan fingerprint density at radius 3 is 2.75 bits per heavy atom. The second-order valence-electron chi connectivity index (χ2n) is 4.74. The van der Waals surface area contributed by atoms with Crippen LogP contribution in [-0.4, -0.2) is 16.3 Å². The molecule has 0 saturated heterocycles. The molecule has 0 aliphatic carbocycles. The van der Waals surface area contributed by atoms with Crippen LogP contribution in [0.3, 0.4) is 0 Å². The minimum absolute atomic E-state index is 0.651. The molecule has 0 bridgehead atoms. The maximum Gasteiger partial charge on any atom is 0.100 e. The fourth-order valence-corrected chi connectivity index (χ4v) is 2.55. The number of hydrogen-bond donors (Lipinski definition) is 1. The zero-order valence-corrected chi connectivity index (χ0v) is 13.2. The summed E-state index contributed by atoms with van der Waals surface area (Å²) in [5.74, 6) is 0. The molecule has 4 nitrogen and oxygen atoms in total. The van der Waals surface area contributed by atoms with Crippen molar-refractivity contribution in [1.29, 1.82) is 5.26 Å². The van der Waals surface area contributed by atoms with Crippen LogP contribution in [0.1, 0.15) is 23.4 Å². The van der Waals surface area contributed by atoms with Gasteiger partial charge in [-0.25, -0.2) is 0 Å². The van der Waals surface area contributed by atoms with Gasteiger partial charge in [0.2, 0.25) is 0 Å². The zero-order chi connectivity index (χ0) is 14.5. The van der Waals surface area contributed by atoms with Gasteiger partial charge in [0.05, 0.1) is 11.3 Å². The maximum absolute atomic E-state index is 8.87. The van der Waals surface area contributed by atoms with E-state index in [2.05, 4.69) is 45.4 Å². The molecule has 104 valence electrons. The highest BCUT2D eigenvalue weighted by Gasteiger charge is 2.02. The Hall–Kier alpha value is -1.80. The molecule has 1 aromatic heterocycles. The van der Waals surface area contributed by atoms with Crippen molar-refractivity contribution in [1.82, 2.24) is 9.78 Å². The highest BCUT2D eigenvalue weighted by molar-refractivity contribution is 9.10. The number of aromatic nitrogens is 2. The second-order valence-corrected chi connectivity index (χ2v) is 5.59. The fourth-order valence-electron chi connectivity index (χ4n) is 2.08. The molecule has 0 aliphatic rings. The van der Waals surface area contributed by atoms with Crippen molar-refractivity contribution in [2.45, 2.75) is 26.8 Å². The second kappa shape index (κ2) is 6.58. The Bertz CT molecular complexity index is 640. The van der Waals surface area contributed by atoms with E-state index in [1.54, 1.807) is 0 Å². The number of anilines is 1. The number of benzene rings is 1. The number of nitrogens with one attached hydrogen (secondary N) is 1. The van der Waals surface area contributed by atoms with Crippen LogP contribution in [0.5, 0.6) is 0 Å². The minimum atomic E-state index is 0.651. The van der Waals surface area contributed by atoms with Gasteiger partial charge in [0.15, 0.2) is 0 Å². The first kappa shape index (κ1) is 14.6. The number of rotatable bonds is 5. The first-order chi connectivity index (χ1) is 9.60. The van der Waals surface area contributed by atoms with Crippen LogP contribution in [0, 0.1) is 25.2 Å². The summed E-state index contributed by atoms with van der Waals surface area (Å²) in [7, 11) is 0. The predicted molar refractivity (Wildman–Crippen MR) is 83.7 cm³/mol. The van der Waals surface area contributed by atoms with Gasteiger partial charge in [-0.05, 0) is 60.5 Å². The third-order valence-electron chi connectivity index (χ3n) is 3.07. The van der Waals surface area contributed by atoms with E-state index in [0.717, 1.165) is 35.4 Å². The molecule has 0 fully saturated rings. The van der Waals surface area contributed by atoms with E-state index < -0.39 is 0 Å². The Balaban J connectivity index is 1.83. The SMILES string of the molecule is Cc1cc(C)n(CCCNc2ccc(C#N)c(Br)c2)n1. The van der Waals surface area contributed by atoms with Crippen LogP contribution in [0.2, 0.25) is 0 Å². The average molecular weight is 333 g/mol. The summed E-state index contributed by atoms with van der Waals surface area (Å²) in [6, 6.07) is 9.89. The van der Waals surface area contributed by atoms with Gasteiger partial charge in [0, 0.05) is 28.9 Å². The first-order valence-electron chi connectivity index (χ1n) is 6.54. The van der Waals surface area contributed by atoms with Gasteiger partial charge < -0.3 is 5.32 Å². The molecule has 0 spiro atoms. The highest BCUT2D eigenvalue weighted by atomic mass is 79.9. The van der Waals surface area contributed by atoms with Crippen molar-refractivity contribution < 1.29 is 0 Å². The lowest BCUT2D eigenvalue weighted by Crippen LogP contribution is -2.09. The molecule has 5 heteroatoms. The zero-order valence-electron chi connectivity index (χ0n) is 11.7. The van der Waals surface area contributed by atoms with Crippen LogP contribution in [-0.2, 0) is 6.54 Å². The summed E-state index contributed by atoms with van der Waals surface area (Å²) in [4.78, 5) is 0. The Morgan fingerprint density at radius 2 is 2.15 bits per heavy atom.